The van der Waals surface area contributed by atoms with Gasteiger partial charge in [-0.3, -0.25) is 4.79 Å². The molecule has 1 aliphatic heterocycles. The summed E-state index contributed by atoms with van der Waals surface area (Å²) in [6.07, 6.45) is 2.17. The number of benzene rings is 2. The second kappa shape index (κ2) is 4.67. The maximum absolute atomic E-state index is 11.6. The number of hydrogen-bond acceptors (Lipinski definition) is 2. The third-order valence-electron chi connectivity index (χ3n) is 4.03. The monoisotopic (exact) mass is 255 g/mol. The fourth-order valence-electron chi connectivity index (χ4n) is 2.99. The van der Waals surface area contributed by atoms with E-state index in [4.69, 9.17) is 0 Å². The van der Waals surface area contributed by atoms with Crippen LogP contribution >= 0.6 is 0 Å². The van der Waals surface area contributed by atoms with E-state index in [1.165, 1.54) is 5.39 Å². The van der Waals surface area contributed by atoms with Crippen LogP contribution < -0.4 is 5.32 Å². The molecular weight excluding hydrogens is 238 g/mol. The summed E-state index contributed by atoms with van der Waals surface area (Å²) in [5, 5.41) is 15.0. The third-order valence-corrected chi connectivity index (χ3v) is 4.03. The second-order valence-electron chi connectivity index (χ2n) is 5.23. The number of fused-ring (bicyclic) bond motifs is 1. The van der Waals surface area contributed by atoms with E-state index in [1.807, 2.05) is 24.3 Å². The number of aliphatic carboxylic acids is 1. The van der Waals surface area contributed by atoms with E-state index in [9.17, 15) is 9.90 Å². The summed E-state index contributed by atoms with van der Waals surface area (Å²) in [6.45, 7) is 0.789. The largest absolute Gasteiger partial charge is 0.480 e. The summed E-state index contributed by atoms with van der Waals surface area (Å²) in [6, 6.07) is 14.2. The molecule has 1 aliphatic rings. The van der Waals surface area contributed by atoms with Gasteiger partial charge in [-0.15, -0.1) is 0 Å². The van der Waals surface area contributed by atoms with Gasteiger partial charge in [0.25, 0.3) is 0 Å². The molecule has 3 heteroatoms. The highest BCUT2D eigenvalue weighted by Crippen LogP contribution is 2.28. The number of carboxylic acids is 1. The van der Waals surface area contributed by atoms with E-state index in [2.05, 4.69) is 23.5 Å². The summed E-state index contributed by atoms with van der Waals surface area (Å²) in [5.74, 6) is -0.738. The molecule has 19 heavy (non-hydrogen) atoms. The van der Waals surface area contributed by atoms with Crippen molar-refractivity contribution in [3.8, 4) is 0 Å². The van der Waals surface area contributed by atoms with Crippen molar-refractivity contribution < 1.29 is 9.90 Å². The van der Waals surface area contributed by atoms with Gasteiger partial charge in [-0.1, -0.05) is 42.5 Å². The molecule has 1 heterocycles. The minimum absolute atomic E-state index is 0.545. The van der Waals surface area contributed by atoms with E-state index in [-0.39, 0.29) is 0 Å². The van der Waals surface area contributed by atoms with E-state index < -0.39 is 11.5 Å². The van der Waals surface area contributed by atoms with E-state index >= 15 is 0 Å². The van der Waals surface area contributed by atoms with Gasteiger partial charge in [-0.2, -0.15) is 0 Å². The minimum Gasteiger partial charge on any atom is -0.480 e. The molecular formula is C16H17NO2. The SMILES string of the molecule is O=C(O)C1(Cc2cccc3ccccc23)CCCN1. The first-order valence-electron chi connectivity index (χ1n) is 6.66. The topological polar surface area (TPSA) is 49.3 Å². The van der Waals surface area contributed by atoms with Crippen molar-refractivity contribution in [2.75, 3.05) is 6.54 Å². The van der Waals surface area contributed by atoms with Crippen molar-refractivity contribution in [1.29, 1.82) is 0 Å². The molecule has 0 bridgehead atoms. The molecule has 1 saturated heterocycles. The van der Waals surface area contributed by atoms with Gasteiger partial charge >= 0.3 is 5.97 Å². The van der Waals surface area contributed by atoms with Crippen molar-refractivity contribution in [3.05, 3.63) is 48.0 Å². The predicted molar refractivity (Wildman–Crippen MR) is 75.3 cm³/mol. The lowest BCUT2D eigenvalue weighted by atomic mass is 9.87. The summed E-state index contributed by atoms with van der Waals surface area (Å²) in [7, 11) is 0. The van der Waals surface area contributed by atoms with Crippen LogP contribution in [0.15, 0.2) is 42.5 Å². The van der Waals surface area contributed by atoms with Crippen molar-refractivity contribution in [1.82, 2.24) is 5.32 Å². The first-order valence-corrected chi connectivity index (χ1v) is 6.66. The van der Waals surface area contributed by atoms with Crippen molar-refractivity contribution in [2.45, 2.75) is 24.8 Å². The molecule has 2 aromatic carbocycles. The molecule has 0 aromatic heterocycles. The Morgan fingerprint density at radius 3 is 2.74 bits per heavy atom. The summed E-state index contributed by atoms with van der Waals surface area (Å²) >= 11 is 0. The molecule has 1 fully saturated rings. The van der Waals surface area contributed by atoms with Crippen molar-refractivity contribution in [3.63, 3.8) is 0 Å². The first kappa shape index (κ1) is 12.2. The summed E-state index contributed by atoms with van der Waals surface area (Å²) in [4.78, 5) is 11.6. The maximum Gasteiger partial charge on any atom is 0.324 e. The smallest absolute Gasteiger partial charge is 0.324 e. The van der Waals surface area contributed by atoms with Gasteiger partial charge in [-0.05, 0) is 35.7 Å². The molecule has 0 amide bonds. The molecule has 0 radical (unpaired) electrons. The molecule has 2 N–H and O–H groups in total. The number of rotatable bonds is 3. The number of carbonyl (C=O) groups is 1. The normalized spacial score (nSPS) is 22.7. The number of hydrogen-bond donors (Lipinski definition) is 2. The van der Waals surface area contributed by atoms with Gasteiger partial charge in [0.15, 0.2) is 0 Å². The average molecular weight is 255 g/mol. The van der Waals surface area contributed by atoms with Crippen LogP contribution in [0.25, 0.3) is 10.8 Å². The fourth-order valence-corrected chi connectivity index (χ4v) is 2.99. The second-order valence-corrected chi connectivity index (χ2v) is 5.23. The summed E-state index contributed by atoms with van der Waals surface area (Å²) < 4.78 is 0. The lowest BCUT2D eigenvalue weighted by molar-refractivity contribution is -0.144. The van der Waals surface area contributed by atoms with Crippen molar-refractivity contribution >= 4 is 16.7 Å². The Hall–Kier alpha value is -1.87. The Labute approximate surface area is 112 Å². The van der Waals surface area contributed by atoms with Crippen LogP contribution in [0.4, 0.5) is 0 Å². The maximum atomic E-state index is 11.6. The molecule has 3 nitrogen and oxygen atoms in total. The molecule has 2 aromatic rings. The predicted octanol–water partition coefficient (Wildman–Crippen LogP) is 2.59. The van der Waals surface area contributed by atoms with Gasteiger partial charge in [0, 0.05) is 6.42 Å². The molecule has 0 saturated carbocycles. The number of nitrogens with one attached hydrogen (secondary N) is 1. The van der Waals surface area contributed by atoms with Gasteiger partial charge in [-0.25, -0.2) is 0 Å². The van der Waals surface area contributed by atoms with Gasteiger partial charge < -0.3 is 10.4 Å². The zero-order chi connectivity index (χ0) is 13.3. The highest BCUT2D eigenvalue weighted by atomic mass is 16.4. The van der Waals surface area contributed by atoms with Crippen LogP contribution in [0.3, 0.4) is 0 Å². The quantitative estimate of drug-likeness (QED) is 0.886. The van der Waals surface area contributed by atoms with E-state index in [0.29, 0.717) is 12.8 Å². The van der Waals surface area contributed by atoms with E-state index in [0.717, 1.165) is 23.9 Å². The van der Waals surface area contributed by atoms with Crippen LogP contribution in [0.5, 0.6) is 0 Å². The molecule has 0 aliphatic carbocycles. The molecule has 98 valence electrons. The number of carboxylic acid groups (broad SMARTS) is 1. The average Bonchev–Trinajstić information content (AvgIpc) is 2.89. The molecule has 1 atom stereocenters. The summed E-state index contributed by atoms with van der Waals surface area (Å²) in [5.41, 5.74) is 0.319. The van der Waals surface area contributed by atoms with Crippen LogP contribution in [0.1, 0.15) is 18.4 Å². The first-order chi connectivity index (χ1) is 9.21. The molecule has 3 rings (SSSR count). The van der Waals surface area contributed by atoms with Gasteiger partial charge in [0.2, 0.25) is 0 Å². The highest BCUT2D eigenvalue weighted by Gasteiger charge is 2.41. The van der Waals surface area contributed by atoms with Crippen LogP contribution in [-0.2, 0) is 11.2 Å². The lowest BCUT2D eigenvalue weighted by Gasteiger charge is -2.25. The Kier molecular flexibility index (Phi) is 2.99. The standard InChI is InChI=1S/C16H17NO2/c18-15(19)16(9-4-10-17-16)11-13-7-3-6-12-5-1-2-8-14(12)13/h1-3,5-8,17H,4,9-11H2,(H,18,19). The van der Waals surface area contributed by atoms with Crippen molar-refractivity contribution in [2.24, 2.45) is 0 Å². The lowest BCUT2D eigenvalue weighted by Crippen LogP contribution is -2.49. The highest BCUT2D eigenvalue weighted by molar-refractivity contribution is 5.87. The van der Waals surface area contributed by atoms with Gasteiger partial charge in [0.1, 0.15) is 5.54 Å². The fraction of sp³-hybridized carbons (Fsp3) is 0.312. The Balaban J connectivity index is 2.03. The Bertz CT molecular complexity index is 610. The zero-order valence-corrected chi connectivity index (χ0v) is 10.7. The van der Waals surface area contributed by atoms with Crippen LogP contribution in [0, 0.1) is 0 Å². The van der Waals surface area contributed by atoms with E-state index in [1.54, 1.807) is 0 Å². The molecule has 1 unspecified atom stereocenters. The van der Waals surface area contributed by atoms with Crippen LogP contribution in [-0.4, -0.2) is 23.2 Å². The molecule has 0 spiro atoms. The third kappa shape index (κ3) is 2.10. The minimum atomic E-state index is -0.788. The Morgan fingerprint density at radius 2 is 2.00 bits per heavy atom. The zero-order valence-electron chi connectivity index (χ0n) is 10.7. The van der Waals surface area contributed by atoms with Crippen LogP contribution in [0.2, 0.25) is 0 Å². The van der Waals surface area contributed by atoms with Gasteiger partial charge in [0.05, 0.1) is 0 Å². The Morgan fingerprint density at radius 1 is 1.21 bits per heavy atom.